The minimum Gasteiger partial charge on any atom is -0.497 e. The molecule has 11 atom stereocenters. The number of hydrogen-bond acceptors (Lipinski definition) is 19. The molecule has 2 saturated carbocycles. The van der Waals surface area contributed by atoms with Crippen molar-refractivity contribution in [1.29, 1.82) is 0 Å². The van der Waals surface area contributed by atoms with E-state index >= 15 is 0 Å². The predicted octanol–water partition coefficient (Wildman–Crippen LogP) is 3.59. The van der Waals surface area contributed by atoms with E-state index in [1.807, 2.05) is 6.07 Å². The average Bonchev–Trinajstić information content (AvgIpc) is 1.50. The lowest BCUT2D eigenvalue weighted by Crippen LogP contribution is -2.58. The molecule has 2 saturated heterocycles. The lowest BCUT2D eigenvalue weighted by Gasteiger charge is -2.40. The quantitative estimate of drug-likeness (QED) is 0.0216. The molecule has 4 heterocycles. The molecule has 25 nitrogen and oxygen atoms in total. The number of urea groups is 1. The molecular weight excluding hydrogens is 1130 g/mol. The molecule has 0 aromatic heterocycles. The van der Waals surface area contributed by atoms with Crippen molar-refractivity contribution in [1.82, 2.24) is 20.9 Å². The molecule has 8 N–H and O–H groups in total. The maximum Gasteiger partial charge on any atom is 0.312 e. The van der Waals surface area contributed by atoms with Crippen molar-refractivity contribution < 1.29 is 91.1 Å². The van der Waals surface area contributed by atoms with E-state index in [-0.39, 0.29) is 93.2 Å². The van der Waals surface area contributed by atoms with Gasteiger partial charge in [0.25, 0.3) is 18.1 Å². The van der Waals surface area contributed by atoms with Gasteiger partial charge in [0.05, 0.1) is 46.0 Å². The van der Waals surface area contributed by atoms with Crippen LogP contribution in [0.1, 0.15) is 85.8 Å². The molecule has 87 heavy (non-hydrogen) atoms. The predicted molar refractivity (Wildman–Crippen MR) is 305 cm³/mol. The number of aliphatic hydroxyl groups excluding tert-OH is 1. The molecule has 4 aromatic carbocycles. The van der Waals surface area contributed by atoms with E-state index in [1.165, 1.54) is 52.7 Å². The second kappa shape index (κ2) is 26.4. The van der Waals surface area contributed by atoms with E-state index in [0.717, 1.165) is 4.90 Å². The number of nitrogens with zero attached hydrogens (tertiary/aromatic N) is 1. The Kier molecular flexibility index (Phi) is 18.8. The summed E-state index contributed by atoms with van der Waals surface area (Å²) in [5, 5.41) is 36.8. The number of fused-ring (bicyclic) bond motifs is 3. The molecule has 4 aliphatic heterocycles. The van der Waals surface area contributed by atoms with Crippen molar-refractivity contribution in [2.45, 2.75) is 112 Å². The number of methoxy groups -OCH3 is 4. The lowest BCUT2D eigenvalue weighted by molar-refractivity contribution is -0.323. The number of amides is 7. The number of esters is 1. The highest BCUT2D eigenvalue weighted by atomic mass is 16.8. The molecule has 0 bridgehead atoms. The smallest absolute Gasteiger partial charge is 0.312 e. The van der Waals surface area contributed by atoms with Crippen LogP contribution in [0.15, 0.2) is 103 Å². The number of benzene rings is 4. The van der Waals surface area contributed by atoms with Gasteiger partial charge in [0.2, 0.25) is 24.0 Å². The van der Waals surface area contributed by atoms with Gasteiger partial charge in [-0.1, -0.05) is 61.0 Å². The number of anilines is 1. The zero-order chi connectivity index (χ0) is 61.6. The van der Waals surface area contributed by atoms with Gasteiger partial charge in [0, 0.05) is 68.2 Å². The molecule has 0 radical (unpaired) electrons. The third-order valence-electron chi connectivity index (χ3n) is 17.1. The van der Waals surface area contributed by atoms with Gasteiger partial charge in [-0.25, -0.2) is 4.79 Å². The zero-order valence-corrected chi connectivity index (χ0v) is 48.6. The molecular formula is C62H72N6O19. The second-order valence-corrected chi connectivity index (χ2v) is 22.1. The normalized spacial score (nSPS) is 27.0. The van der Waals surface area contributed by atoms with Gasteiger partial charge in [-0.05, 0) is 80.3 Å². The number of nitrogens with one attached hydrogen (secondary N) is 4. The average molecular weight is 1210 g/mol. The molecule has 5 unspecified atom stereocenters. The Morgan fingerprint density at radius 1 is 0.759 bits per heavy atom. The van der Waals surface area contributed by atoms with Crippen LogP contribution in [-0.2, 0) is 68.4 Å². The van der Waals surface area contributed by atoms with Crippen LogP contribution in [0.4, 0.5) is 10.5 Å². The number of ether oxygens (including phenoxy) is 10. The van der Waals surface area contributed by atoms with Crippen molar-refractivity contribution in [2.24, 2.45) is 17.1 Å². The first-order valence-corrected chi connectivity index (χ1v) is 28.9. The van der Waals surface area contributed by atoms with Crippen LogP contribution in [0.3, 0.4) is 0 Å². The van der Waals surface area contributed by atoms with Crippen LogP contribution >= 0.6 is 0 Å². The Balaban J connectivity index is 0.786. The number of aliphatic hydroxyl groups is 2. The summed E-state index contributed by atoms with van der Waals surface area (Å²) in [4.78, 5) is 91.5. The number of rotatable bonds is 25. The summed E-state index contributed by atoms with van der Waals surface area (Å²) in [7, 11) is 5.56. The Bertz CT molecular complexity index is 3200. The summed E-state index contributed by atoms with van der Waals surface area (Å²) < 4.78 is 61.0. The highest BCUT2D eigenvalue weighted by Gasteiger charge is 2.78. The molecule has 4 fully saturated rings. The maximum absolute atomic E-state index is 13.9. The van der Waals surface area contributed by atoms with Gasteiger partial charge in [0.15, 0.2) is 17.5 Å². The summed E-state index contributed by atoms with van der Waals surface area (Å²) in [5.74, 6) is -4.57. The molecule has 0 spiro atoms. The number of imide groups is 1. The van der Waals surface area contributed by atoms with Crippen molar-refractivity contribution in [3.8, 4) is 23.0 Å². The van der Waals surface area contributed by atoms with Crippen molar-refractivity contribution in [2.75, 3.05) is 66.6 Å². The highest BCUT2D eigenvalue weighted by molar-refractivity contribution is 6.13. The fourth-order valence-electron chi connectivity index (χ4n) is 12.5. The van der Waals surface area contributed by atoms with Gasteiger partial charge >= 0.3 is 12.0 Å². The first kappa shape index (κ1) is 61.9. The molecule has 464 valence electrons. The first-order chi connectivity index (χ1) is 42.0. The topological polar surface area (TPSA) is 330 Å². The minimum absolute atomic E-state index is 0.0213. The van der Waals surface area contributed by atoms with E-state index in [1.54, 1.807) is 72.8 Å². The van der Waals surface area contributed by atoms with Crippen LogP contribution in [0.25, 0.3) is 0 Å². The summed E-state index contributed by atoms with van der Waals surface area (Å²) in [6.07, 6.45) is -0.532. The number of primary amides is 1. The molecule has 2 aliphatic carbocycles. The molecule has 4 aromatic rings. The summed E-state index contributed by atoms with van der Waals surface area (Å²) in [6.45, 7) is 0.787. The minimum atomic E-state index is -2.32. The monoisotopic (exact) mass is 1200 g/mol. The Morgan fingerprint density at radius 3 is 2.11 bits per heavy atom. The third-order valence-corrected chi connectivity index (χ3v) is 17.1. The summed E-state index contributed by atoms with van der Waals surface area (Å²) >= 11 is 0. The maximum atomic E-state index is 13.9. The summed E-state index contributed by atoms with van der Waals surface area (Å²) in [5.41, 5.74) is 1.77. The summed E-state index contributed by atoms with van der Waals surface area (Å²) in [6, 6.07) is 23.7. The SMILES string of the molecule is COC(=O)C1C(c2ccccc2)C2(c3ccc(OC)cc3)Oc3cc(O[C@@H]4O[C@@H]([C@H]5COC(c6ccc(NC(=O)[C@H](CCCNC(N)=O)NC(=O)C7(C(=O)NCCCCCN8C(=O)C=CC8=O)CCC7)cc6)O5)CO[C@H]4OC)cc(OC)c3C2(O)[C@H]1O. The highest BCUT2D eigenvalue weighted by Crippen LogP contribution is 2.70. The number of nitrogens with two attached hydrogens (primary N) is 1. The van der Waals surface area contributed by atoms with Crippen molar-refractivity contribution in [3.05, 3.63) is 125 Å². The Morgan fingerprint density at radius 2 is 1.46 bits per heavy atom. The van der Waals surface area contributed by atoms with E-state index in [4.69, 9.17) is 53.1 Å². The van der Waals surface area contributed by atoms with Crippen LogP contribution < -0.4 is 45.9 Å². The van der Waals surface area contributed by atoms with Gasteiger partial charge in [-0.15, -0.1) is 0 Å². The van der Waals surface area contributed by atoms with Gasteiger partial charge in [-0.2, -0.15) is 0 Å². The third kappa shape index (κ3) is 12.0. The zero-order valence-electron chi connectivity index (χ0n) is 48.6. The van der Waals surface area contributed by atoms with Gasteiger partial charge in [0.1, 0.15) is 52.8 Å². The molecule has 10 rings (SSSR count). The van der Waals surface area contributed by atoms with Gasteiger partial charge < -0.3 is 84.6 Å². The van der Waals surface area contributed by atoms with Crippen molar-refractivity contribution >= 4 is 47.2 Å². The number of carbonyl (C=O) groups is 7. The van der Waals surface area contributed by atoms with Crippen LogP contribution in [0.5, 0.6) is 23.0 Å². The fourth-order valence-corrected chi connectivity index (χ4v) is 12.5. The van der Waals surface area contributed by atoms with E-state index < -0.39 is 101 Å². The number of carbonyl (C=O) groups excluding carboxylic acids is 7. The number of hydrogen-bond donors (Lipinski definition) is 7. The first-order valence-electron chi connectivity index (χ1n) is 28.9. The largest absolute Gasteiger partial charge is 0.497 e. The number of unbranched alkanes of at least 4 members (excludes halogenated alkanes) is 2. The van der Waals surface area contributed by atoms with Crippen LogP contribution in [-0.4, -0.2) is 155 Å². The van der Waals surface area contributed by atoms with E-state index in [2.05, 4.69) is 21.3 Å². The standard InChI is InChI=1S/C62H72N6O19/c1-78-39-22-18-37(19-23-39)62-49(35-13-7-5-8-14-35)48(53(73)80-3)51(71)61(62,77)50-42(79-2)31-40(32-43(50)87-62)84-56-55(81-4)83-34-45(86-56)44-33-82-54(85-44)36-16-20-38(21-17-36)66-52(72)41(15-11-29-65-59(63)76)67-58(75)60(26-12-27-60)57(74)64-28-9-6-10-30-68-46(69)24-25-47(68)70/h5,7-8,13-14,16-25,31-32,41,44-45,48-49,51,54-56,71,77H,6,9-12,15,26-30,33-34H2,1-4H3,(H,64,74)(H,66,72)(H,67,75)(H3,63,65,76)/t41-,44+,45+,48?,49?,51-,54?,55+,56+,61?,62?/m0/s1. The molecule has 25 heteroatoms. The Hall–Kier alpha value is -8.17. The lowest BCUT2D eigenvalue weighted by atomic mass is 9.67. The van der Waals surface area contributed by atoms with E-state index in [0.29, 0.717) is 53.8 Å². The van der Waals surface area contributed by atoms with Crippen LogP contribution in [0, 0.1) is 11.3 Å². The van der Waals surface area contributed by atoms with E-state index in [9.17, 15) is 43.8 Å². The Labute approximate surface area is 501 Å². The van der Waals surface area contributed by atoms with Gasteiger partial charge in [-0.3, -0.25) is 33.7 Å². The van der Waals surface area contributed by atoms with Crippen molar-refractivity contribution in [3.63, 3.8) is 0 Å². The van der Waals surface area contributed by atoms with Crippen LogP contribution in [0.2, 0.25) is 0 Å². The second-order valence-electron chi connectivity index (χ2n) is 22.1. The molecule has 6 aliphatic rings. The fraction of sp³-hybridized carbons (Fsp3) is 0.468. The molecule has 7 amide bonds.